The van der Waals surface area contributed by atoms with E-state index in [0.29, 0.717) is 24.3 Å². The molecule has 2 N–H and O–H groups in total. The first-order valence-electron chi connectivity index (χ1n) is 11.9. The van der Waals surface area contributed by atoms with Crippen LogP contribution in [0.25, 0.3) is 0 Å². The molecule has 36 heavy (non-hydrogen) atoms. The number of benzene rings is 3. The first-order chi connectivity index (χ1) is 17.3. The Morgan fingerprint density at radius 3 is 2.08 bits per heavy atom. The normalized spacial score (nSPS) is 12.4. The first-order valence-corrected chi connectivity index (χ1v) is 11.9. The van der Waals surface area contributed by atoms with Crippen LogP contribution in [0, 0.1) is 22.0 Å². The van der Waals surface area contributed by atoms with Gasteiger partial charge < -0.3 is 15.4 Å². The van der Waals surface area contributed by atoms with Crippen molar-refractivity contribution < 1.29 is 19.2 Å². The van der Waals surface area contributed by atoms with Crippen LogP contribution in [0.1, 0.15) is 25.8 Å². The van der Waals surface area contributed by atoms with Crippen LogP contribution in [0.3, 0.4) is 0 Å². The zero-order valence-electron chi connectivity index (χ0n) is 20.4. The highest BCUT2D eigenvalue weighted by Gasteiger charge is 2.27. The maximum atomic E-state index is 13.4. The van der Waals surface area contributed by atoms with Gasteiger partial charge in [-0.25, -0.2) is 0 Å². The van der Waals surface area contributed by atoms with Gasteiger partial charge in [0.25, 0.3) is 5.69 Å². The van der Waals surface area contributed by atoms with Gasteiger partial charge in [-0.15, -0.1) is 0 Å². The lowest BCUT2D eigenvalue weighted by molar-refractivity contribution is -0.384. The minimum Gasteiger partial charge on any atom is -0.493 e. The molecule has 188 valence electrons. The van der Waals surface area contributed by atoms with Crippen molar-refractivity contribution >= 4 is 23.2 Å². The molecule has 0 saturated carbocycles. The molecule has 3 rings (SSSR count). The van der Waals surface area contributed by atoms with Crippen molar-refractivity contribution in [3.63, 3.8) is 0 Å². The number of ether oxygens (including phenoxy) is 1. The van der Waals surface area contributed by atoms with Crippen LogP contribution >= 0.6 is 0 Å². The van der Waals surface area contributed by atoms with Crippen LogP contribution in [0.5, 0.6) is 5.75 Å². The van der Waals surface area contributed by atoms with Crippen LogP contribution in [0.15, 0.2) is 84.9 Å². The number of nitro benzene ring substituents is 1. The maximum absolute atomic E-state index is 13.4. The Labute approximate surface area is 210 Å². The van der Waals surface area contributed by atoms with Gasteiger partial charge in [-0.2, -0.15) is 0 Å². The Morgan fingerprint density at radius 2 is 1.50 bits per heavy atom. The highest BCUT2D eigenvalue weighted by atomic mass is 16.6. The molecule has 0 saturated heterocycles. The highest BCUT2D eigenvalue weighted by Crippen LogP contribution is 2.19. The number of hydrogen-bond acceptors (Lipinski definition) is 5. The van der Waals surface area contributed by atoms with Crippen molar-refractivity contribution in [1.29, 1.82) is 0 Å². The molecule has 2 unspecified atom stereocenters. The van der Waals surface area contributed by atoms with Gasteiger partial charge in [0.1, 0.15) is 18.4 Å². The van der Waals surface area contributed by atoms with Crippen molar-refractivity contribution in [2.45, 2.75) is 32.7 Å². The summed E-state index contributed by atoms with van der Waals surface area (Å²) in [5, 5.41) is 16.7. The zero-order valence-corrected chi connectivity index (χ0v) is 20.4. The van der Waals surface area contributed by atoms with E-state index in [1.54, 1.807) is 12.1 Å². The summed E-state index contributed by atoms with van der Waals surface area (Å²) in [6.45, 7) is 4.04. The molecule has 2 atom stereocenters. The number of nitro groups is 1. The third-order valence-corrected chi connectivity index (χ3v) is 5.58. The fourth-order valence-corrected chi connectivity index (χ4v) is 3.73. The molecule has 0 aliphatic carbocycles. The summed E-state index contributed by atoms with van der Waals surface area (Å²) >= 11 is 0. The van der Waals surface area contributed by atoms with Gasteiger partial charge in [-0.3, -0.25) is 19.7 Å². The fraction of sp³-hybridized carbons (Fsp3) is 0.286. The molecule has 8 heteroatoms. The van der Waals surface area contributed by atoms with Gasteiger partial charge in [-0.05, 0) is 48.6 Å². The molecule has 3 aromatic carbocycles. The van der Waals surface area contributed by atoms with Gasteiger partial charge in [0.05, 0.1) is 10.8 Å². The second-order valence-electron chi connectivity index (χ2n) is 8.99. The molecule has 2 amide bonds. The molecular weight excluding hydrogens is 458 g/mol. The molecule has 8 nitrogen and oxygen atoms in total. The Kier molecular flexibility index (Phi) is 9.56. The Hall–Kier alpha value is -4.20. The lowest BCUT2D eigenvalue weighted by atomic mass is 9.97. The number of rotatable bonds is 12. The number of carbonyl (C=O) groups is 2. The average Bonchev–Trinajstić information content (AvgIpc) is 2.87. The smallest absolute Gasteiger partial charge is 0.269 e. The highest BCUT2D eigenvalue weighted by molar-refractivity contribution is 5.97. The molecule has 0 aliphatic heterocycles. The largest absolute Gasteiger partial charge is 0.493 e. The van der Waals surface area contributed by atoms with E-state index in [-0.39, 0.29) is 30.0 Å². The van der Waals surface area contributed by atoms with Gasteiger partial charge in [0.2, 0.25) is 11.8 Å². The van der Waals surface area contributed by atoms with Crippen LogP contribution in [0.4, 0.5) is 11.4 Å². The van der Waals surface area contributed by atoms with E-state index in [4.69, 9.17) is 4.74 Å². The van der Waals surface area contributed by atoms with Crippen molar-refractivity contribution in [2.75, 3.05) is 11.9 Å². The average molecular weight is 490 g/mol. The van der Waals surface area contributed by atoms with E-state index in [0.717, 1.165) is 5.56 Å². The Morgan fingerprint density at radius 1 is 0.889 bits per heavy atom. The van der Waals surface area contributed by atoms with Crippen LogP contribution in [0.2, 0.25) is 0 Å². The number of hydrogen-bond donors (Lipinski definition) is 2. The van der Waals surface area contributed by atoms with Crippen LogP contribution in [-0.4, -0.2) is 29.4 Å². The van der Waals surface area contributed by atoms with Crippen molar-refractivity contribution in [3.8, 4) is 5.75 Å². The van der Waals surface area contributed by atoms with Crippen LogP contribution in [-0.2, 0) is 16.0 Å². The van der Waals surface area contributed by atoms with Crippen molar-refractivity contribution in [1.82, 2.24) is 5.32 Å². The summed E-state index contributed by atoms with van der Waals surface area (Å²) in [4.78, 5) is 36.8. The molecule has 0 spiro atoms. The monoisotopic (exact) mass is 489 g/mol. The predicted octanol–water partition coefficient (Wildman–Crippen LogP) is 5.00. The fourth-order valence-electron chi connectivity index (χ4n) is 3.73. The second kappa shape index (κ2) is 13.0. The third kappa shape index (κ3) is 8.23. The maximum Gasteiger partial charge on any atom is 0.269 e. The van der Waals surface area contributed by atoms with Crippen LogP contribution < -0.4 is 15.4 Å². The molecule has 0 heterocycles. The molecular formula is C28H31N3O5. The van der Waals surface area contributed by atoms with E-state index >= 15 is 0 Å². The van der Waals surface area contributed by atoms with E-state index < -0.39 is 16.9 Å². The molecule has 0 fully saturated rings. The molecule has 0 aliphatic rings. The summed E-state index contributed by atoms with van der Waals surface area (Å²) in [6, 6.07) is 23.7. The number of anilines is 1. The Bertz CT molecular complexity index is 1130. The summed E-state index contributed by atoms with van der Waals surface area (Å²) in [7, 11) is 0. The van der Waals surface area contributed by atoms with Gasteiger partial charge in [0.15, 0.2) is 0 Å². The third-order valence-electron chi connectivity index (χ3n) is 5.58. The first kappa shape index (κ1) is 26.4. The number of nitrogens with one attached hydrogen (secondary N) is 2. The lowest BCUT2D eigenvalue weighted by Gasteiger charge is -2.24. The number of nitrogens with zero attached hydrogens (tertiary/aromatic N) is 1. The van der Waals surface area contributed by atoms with E-state index in [1.165, 1.54) is 24.3 Å². The Balaban J connectivity index is 1.73. The van der Waals surface area contributed by atoms with Gasteiger partial charge in [0, 0.05) is 17.8 Å². The molecule has 0 bridgehead atoms. The summed E-state index contributed by atoms with van der Waals surface area (Å²) in [6.07, 6.45) is 0.889. The SMILES string of the molecule is CC(C)CC(NC(=O)C(COc1ccc([N+](=O)[O-])cc1)Cc1ccccc1)C(=O)Nc1ccccc1. The summed E-state index contributed by atoms with van der Waals surface area (Å²) in [5.74, 6) is -0.554. The van der Waals surface area contributed by atoms with Gasteiger partial charge in [-0.1, -0.05) is 62.4 Å². The second-order valence-corrected chi connectivity index (χ2v) is 8.99. The van der Waals surface area contributed by atoms with E-state index in [9.17, 15) is 19.7 Å². The lowest BCUT2D eigenvalue weighted by Crippen LogP contribution is -2.48. The number of non-ortho nitro benzene ring substituents is 1. The number of para-hydroxylation sites is 1. The quantitative estimate of drug-likeness (QED) is 0.275. The van der Waals surface area contributed by atoms with E-state index in [2.05, 4.69) is 10.6 Å². The number of amides is 2. The molecule has 3 aromatic rings. The van der Waals surface area contributed by atoms with Gasteiger partial charge >= 0.3 is 0 Å². The zero-order chi connectivity index (χ0) is 25.9. The molecule has 0 radical (unpaired) electrons. The number of carbonyl (C=O) groups excluding carboxylic acids is 2. The minimum atomic E-state index is -0.713. The van der Waals surface area contributed by atoms with Crippen molar-refractivity contribution in [3.05, 3.63) is 101 Å². The van der Waals surface area contributed by atoms with E-state index in [1.807, 2.05) is 62.4 Å². The predicted molar refractivity (Wildman–Crippen MR) is 139 cm³/mol. The standard InChI is InChI=1S/C28H31N3O5/c1-20(2)17-26(28(33)29-23-11-7-4-8-12-23)30-27(32)22(18-21-9-5-3-6-10-21)19-36-25-15-13-24(14-16-25)31(34)35/h3-16,20,22,26H,17-19H2,1-2H3,(H,29,33)(H,30,32). The molecule has 0 aromatic heterocycles. The topological polar surface area (TPSA) is 111 Å². The summed E-state index contributed by atoms with van der Waals surface area (Å²) < 4.78 is 5.83. The summed E-state index contributed by atoms with van der Waals surface area (Å²) in [5.41, 5.74) is 1.58. The van der Waals surface area contributed by atoms with Crippen molar-refractivity contribution in [2.24, 2.45) is 11.8 Å². The minimum absolute atomic E-state index is 0.0399.